The van der Waals surface area contributed by atoms with Crippen molar-refractivity contribution in [3.05, 3.63) is 0 Å². The number of carbonyl (C=O) groups excluding carboxylic acids is 1. The first-order chi connectivity index (χ1) is 7.93. The number of phosphoric acid groups is 1. The molecule has 0 aromatic carbocycles. The molecule has 0 amide bonds. The maximum atomic E-state index is 11.0. The summed E-state index contributed by atoms with van der Waals surface area (Å²) >= 11 is 0. The van der Waals surface area contributed by atoms with Crippen LogP contribution in [0.15, 0.2) is 0 Å². The van der Waals surface area contributed by atoms with Crippen molar-refractivity contribution in [2.24, 2.45) is 5.73 Å². The Labute approximate surface area is 100 Å². The van der Waals surface area contributed by atoms with Crippen molar-refractivity contribution in [2.75, 3.05) is 6.61 Å². The van der Waals surface area contributed by atoms with Crippen LogP contribution in [0.3, 0.4) is 0 Å². The van der Waals surface area contributed by atoms with E-state index in [0.29, 0.717) is 0 Å². The number of aliphatic hydroxyl groups excluding tert-OH is 4. The third-order valence-corrected chi connectivity index (χ3v) is 2.31. The van der Waals surface area contributed by atoms with E-state index < -0.39 is 44.4 Å². The van der Waals surface area contributed by atoms with Crippen molar-refractivity contribution in [3.63, 3.8) is 0 Å². The normalized spacial score (nSPS) is 20.7. The van der Waals surface area contributed by atoms with Crippen LogP contribution in [0.25, 0.3) is 0 Å². The third-order valence-electron chi connectivity index (χ3n) is 1.90. The minimum Gasteiger partial charge on any atom is -0.394 e. The second-order valence-electron chi connectivity index (χ2n) is 3.39. The van der Waals surface area contributed by atoms with Gasteiger partial charge in [0.1, 0.15) is 12.2 Å². The van der Waals surface area contributed by atoms with Crippen LogP contribution in [0.5, 0.6) is 0 Å². The first kappa shape index (κ1) is 17.4. The monoisotopic (exact) mass is 291 g/mol. The number of rotatable bonds is 6. The minimum absolute atomic E-state index is 1.05. The molecule has 0 rings (SSSR count). The van der Waals surface area contributed by atoms with Crippen LogP contribution >= 0.6 is 7.82 Å². The van der Waals surface area contributed by atoms with E-state index >= 15 is 0 Å². The molecule has 0 spiro atoms. The summed E-state index contributed by atoms with van der Waals surface area (Å²) in [7, 11) is -5.28. The van der Waals surface area contributed by atoms with E-state index in [-0.39, 0.29) is 0 Å². The molecule has 0 saturated carbocycles. The number of aliphatic hydroxyl groups is 5. The van der Waals surface area contributed by atoms with Crippen LogP contribution in [0.1, 0.15) is 0 Å². The van der Waals surface area contributed by atoms with Crippen molar-refractivity contribution in [2.45, 2.75) is 24.0 Å². The van der Waals surface area contributed by atoms with Gasteiger partial charge in [-0.05, 0) is 0 Å². The van der Waals surface area contributed by atoms with Gasteiger partial charge in [-0.25, -0.2) is 9.36 Å². The fourth-order valence-electron chi connectivity index (χ4n) is 0.926. The molecule has 9 N–H and O–H groups in total. The molecule has 12 heteroatoms. The molecule has 0 unspecified atom stereocenters. The Kier molecular flexibility index (Phi) is 5.81. The van der Waals surface area contributed by atoms with E-state index in [2.05, 4.69) is 4.52 Å². The molecule has 0 bridgehead atoms. The van der Waals surface area contributed by atoms with Gasteiger partial charge in [-0.15, -0.1) is 0 Å². The zero-order valence-electron chi connectivity index (χ0n) is 8.82. The predicted octanol–water partition coefficient (Wildman–Crippen LogP) is -4.66. The summed E-state index contributed by atoms with van der Waals surface area (Å²) in [5.74, 6) is -2.02. The molecule has 108 valence electrons. The molecule has 0 aromatic rings. The Bertz CT molecular complexity index is 339. The molecular formula is C6H14NO10P. The van der Waals surface area contributed by atoms with Gasteiger partial charge in [0.15, 0.2) is 11.8 Å². The van der Waals surface area contributed by atoms with Gasteiger partial charge in [0.05, 0.1) is 6.61 Å². The lowest BCUT2D eigenvalue weighted by molar-refractivity contribution is -0.194. The molecule has 0 fully saturated rings. The van der Waals surface area contributed by atoms with Gasteiger partial charge >= 0.3 is 13.8 Å². The van der Waals surface area contributed by atoms with Crippen LogP contribution < -0.4 is 5.73 Å². The lowest BCUT2D eigenvalue weighted by atomic mass is 9.97. The summed E-state index contributed by atoms with van der Waals surface area (Å²) in [5, 5.41) is 45.2. The number of nitrogens with two attached hydrogens (primary N) is 1. The molecule has 11 nitrogen and oxygen atoms in total. The number of carbonyl (C=O) groups is 1. The van der Waals surface area contributed by atoms with Gasteiger partial charge in [0, 0.05) is 0 Å². The van der Waals surface area contributed by atoms with Crippen molar-refractivity contribution in [3.8, 4) is 0 Å². The summed E-state index contributed by atoms with van der Waals surface area (Å²) in [6.07, 6.45) is -7.14. The highest BCUT2D eigenvalue weighted by molar-refractivity contribution is 7.46. The van der Waals surface area contributed by atoms with E-state index in [1.54, 1.807) is 0 Å². The van der Waals surface area contributed by atoms with E-state index in [9.17, 15) is 24.7 Å². The molecule has 0 aliphatic carbocycles. The van der Waals surface area contributed by atoms with E-state index in [0.717, 1.165) is 0 Å². The maximum Gasteiger partial charge on any atom is 0.527 e. The Morgan fingerprint density at radius 1 is 1.33 bits per heavy atom. The standard InChI is InChI=1S/C6H14NO10P/c7-6(13,3(10)2(9)1-8)4(11)5(12)17-18(14,15)16/h2-4,8-11,13H,1,7H2,(H2,14,15,16)/t2-,3-,4+,6+/m1/s1. The van der Waals surface area contributed by atoms with E-state index in [1.165, 1.54) is 0 Å². The smallest absolute Gasteiger partial charge is 0.394 e. The minimum atomic E-state index is -5.28. The Hall–Kier alpha value is -0.620. The molecule has 0 radical (unpaired) electrons. The Morgan fingerprint density at radius 3 is 2.11 bits per heavy atom. The van der Waals surface area contributed by atoms with E-state index in [4.69, 9.17) is 25.7 Å². The van der Waals surface area contributed by atoms with Gasteiger partial charge < -0.3 is 30.1 Å². The van der Waals surface area contributed by atoms with E-state index in [1.807, 2.05) is 0 Å². The van der Waals surface area contributed by atoms with Crippen LogP contribution in [0, 0.1) is 0 Å². The zero-order chi connectivity index (χ0) is 14.7. The highest BCUT2D eigenvalue weighted by atomic mass is 31.2. The highest BCUT2D eigenvalue weighted by Crippen LogP contribution is 2.36. The SMILES string of the molecule is N[C@](O)([C@H](O)[C@H](O)CO)[C@@H](O)C(=O)OP(=O)(O)O. The summed E-state index contributed by atoms with van der Waals surface area (Å²) in [5.41, 5.74) is 1.74. The fourth-order valence-corrected chi connectivity index (χ4v) is 1.26. The first-order valence-corrected chi connectivity index (χ1v) is 5.91. The second-order valence-corrected chi connectivity index (χ2v) is 4.55. The van der Waals surface area contributed by atoms with Gasteiger partial charge in [-0.3, -0.25) is 15.5 Å². The van der Waals surface area contributed by atoms with Crippen LogP contribution in [0.2, 0.25) is 0 Å². The maximum absolute atomic E-state index is 11.0. The quantitative estimate of drug-likeness (QED) is 0.172. The summed E-state index contributed by atoms with van der Waals surface area (Å²) in [6, 6.07) is 0. The average molecular weight is 291 g/mol. The molecule has 0 aromatic heterocycles. The number of phosphoric ester groups is 1. The highest BCUT2D eigenvalue weighted by Gasteiger charge is 2.48. The summed E-state index contributed by atoms with van der Waals surface area (Å²) in [4.78, 5) is 27.5. The largest absolute Gasteiger partial charge is 0.527 e. The number of hydrogen-bond acceptors (Lipinski definition) is 9. The predicted molar refractivity (Wildman–Crippen MR) is 52.4 cm³/mol. The van der Waals surface area contributed by atoms with Gasteiger partial charge in [0.25, 0.3) is 0 Å². The summed E-state index contributed by atoms with van der Waals surface area (Å²) < 4.78 is 13.7. The van der Waals surface area contributed by atoms with Crippen molar-refractivity contribution < 1.29 is 49.2 Å². The topological polar surface area (TPSA) is 211 Å². The lowest BCUT2D eigenvalue weighted by Crippen LogP contribution is -2.65. The molecular weight excluding hydrogens is 277 g/mol. The van der Waals surface area contributed by atoms with Crippen molar-refractivity contribution in [1.29, 1.82) is 0 Å². The van der Waals surface area contributed by atoms with Crippen LogP contribution in [-0.4, -0.2) is 71.9 Å². The van der Waals surface area contributed by atoms with Gasteiger partial charge in [-0.2, -0.15) is 0 Å². The van der Waals surface area contributed by atoms with Crippen LogP contribution in [0.4, 0.5) is 0 Å². The average Bonchev–Trinajstić information content (AvgIpc) is 2.23. The first-order valence-electron chi connectivity index (χ1n) is 4.38. The van der Waals surface area contributed by atoms with Crippen molar-refractivity contribution >= 4 is 13.8 Å². The Balaban J connectivity index is 4.90. The molecule has 4 atom stereocenters. The molecule has 0 saturated heterocycles. The van der Waals surface area contributed by atoms with Gasteiger partial charge in [-0.1, -0.05) is 0 Å². The summed E-state index contributed by atoms with van der Waals surface area (Å²) in [6.45, 7) is -1.05. The fraction of sp³-hybridized carbons (Fsp3) is 0.833. The van der Waals surface area contributed by atoms with Crippen molar-refractivity contribution in [1.82, 2.24) is 0 Å². The molecule has 18 heavy (non-hydrogen) atoms. The lowest BCUT2D eigenvalue weighted by Gasteiger charge is -2.33. The van der Waals surface area contributed by atoms with Gasteiger partial charge in [0.2, 0.25) is 0 Å². The molecule has 0 heterocycles. The van der Waals surface area contributed by atoms with Crippen LogP contribution in [-0.2, 0) is 13.9 Å². The third kappa shape index (κ3) is 4.57. The zero-order valence-corrected chi connectivity index (χ0v) is 9.71. The second kappa shape index (κ2) is 6.02. The molecule has 0 aliphatic rings. The molecule has 0 aliphatic heterocycles. The number of hydrogen-bond donors (Lipinski definition) is 8. The Morgan fingerprint density at radius 2 is 1.78 bits per heavy atom.